The zero-order chi connectivity index (χ0) is 18.4. The maximum atomic E-state index is 13.0. The number of amides is 2. The molecule has 9 heteroatoms. The lowest BCUT2D eigenvalue weighted by atomic mass is 10.2. The molecule has 1 aliphatic rings. The monoisotopic (exact) mass is 354 g/mol. The van der Waals surface area contributed by atoms with Gasteiger partial charge in [-0.25, -0.2) is 4.98 Å². The summed E-state index contributed by atoms with van der Waals surface area (Å²) in [6, 6.07) is 2.20. The van der Waals surface area contributed by atoms with Crippen LogP contribution in [0.5, 0.6) is 0 Å². The van der Waals surface area contributed by atoms with Crippen LogP contribution in [0, 0.1) is 6.92 Å². The highest BCUT2D eigenvalue weighted by Gasteiger charge is 2.32. The van der Waals surface area contributed by atoms with Gasteiger partial charge in [-0.2, -0.15) is 13.2 Å². The molecule has 0 N–H and O–H groups in total. The number of pyridine rings is 1. The number of alkyl halides is 3. The van der Waals surface area contributed by atoms with Crippen LogP contribution in [-0.4, -0.2) is 57.2 Å². The summed E-state index contributed by atoms with van der Waals surface area (Å²) in [7, 11) is 0. The van der Waals surface area contributed by atoms with Gasteiger partial charge in [-0.1, -0.05) is 0 Å². The van der Waals surface area contributed by atoms with E-state index in [0.717, 1.165) is 12.3 Å². The Morgan fingerprint density at radius 1 is 1.08 bits per heavy atom. The molecule has 0 unspecified atom stereocenters. The Hall–Kier alpha value is -2.58. The number of rotatable bonds is 1. The van der Waals surface area contributed by atoms with E-state index >= 15 is 0 Å². The number of nitrogens with zero attached hydrogens (tertiary/aromatic N) is 4. The molecule has 0 aliphatic carbocycles. The van der Waals surface area contributed by atoms with E-state index in [2.05, 4.69) is 4.98 Å². The van der Waals surface area contributed by atoms with Gasteiger partial charge in [0.05, 0.1) is 11.3 Å². The van der Waals surface area contributed by atoms with Crippen LogP contribution < -0.4 is 0 Å². The number of hydrogen-bond donors (Lipinski definition) is 0. The number of imidazole rings is 1. The number of carbonyl (C=O) groups is 2. The van der Waals surface area contributed by atoms with Crippen LogP contribution in [-0.2, 0) is 11.0 Å². The summed E-state index contributed by atoms with van der Waals surface area (Å²) in [5, 5.41) is 0. The molecule has 25 heavy (non-hydrogen) atoms. The molecule has 2 aromatic heterocycles. The molecular weight excluding hydrogens is 337 g/mol. The second kappa shape index (κ2) is 6.05. The smallest absolute Gasteiger partial charge is 0.339 e. The highest BCUT2D eigenvalue weighted by atomic mass is 19.4. The first-order valence-electron chi connectivity index (χ1n) is 7.79. The van der Waals surface area contributed by atoms with Gasteiger partial charge in [0.1, 0.15) is 11.3 Å². The lowest BCUT2D eigenvalue weighted by molar-refractivity contribution is -0.137. The molecule has 0 atom stereocenters. The van der Waals surface area contributed by atoms with E-state index in [1.165, 1.54) is 22.3 Å². The summed E-state index contributed by atoms with van der Waals surface area (Å²) < 4.78 is 40.1. The van der Waals surface area contributed by atoms with Gasteiger partial charge in [0.25, 0.3) is 5.91 Å². The first-order valence-corrected chi connectivity index (χ1v) is 7.79. The molecule has 134 valence electrons. The van der Waals surface area contributed by atoms with Crippen molar-refractivity contribution in [3.63, 3.8) is 0 Å². The molecule has 6 nitrogen and oxygen atoms in total. The number of halogens is 3. The predicted octanol–water partition coefficient (Wildman–Crippen LogP) is 1.97. The average Bonchev–Trinajstić information content (AvgIpc) is 2.88. The fraction of sp³-hybridized carbons (Fsp3) is 0.438. The van der Waals surface area contributed by atoms with Crippen LogP contribution in [0.1, 0.15) is 28.7 Å². The highest BCUT2D eigenvalue weighted by Crippen LogP contribution is 2.30. The van der Waals surface area contributed by atoms with Crippen molar-refractivity contribution in [1.82, 2.24) is 19.2 Å². The third-order valence-corrected chi connectivity index (χ3v) is 4.33. The van der Waals surface area contributed by atoms with Crippen molar-refractivity contribution in [3.8, 4) is 0 Å². The second-order valence-corrected chi connectivity index (χ2v) is 5.99. The second-order valence-electron chi connectivity index (χ2n) is 5.99. The Kier molecular flexibility index (Phi) is 4.18. The minimum Gasteiger partial charge on any atom is -0.339 e. The fourth-order valence-electron chi connectivity index (χ4n) is 2.96. The van der Waals surface area contributed by atoms with Crippen molar-refractivity contribution in [2.24, 2.45) is 0 Å². The van der Waals surface area contributed by atoms with Gasteiger partial charge >= 0.3 is 6.18 Å². The molecule has 0 bridgehead atoms. The molecule has 0 spiro atoms. The topological polar surface area (TPSA) is 57.9 Å². The minimum atomic E-state index is -4.50. The Bertz CT molecular complexity index is 836. The normalized spacial score (nSPS) is 15.7. The Morgan fingerprint density at radius 2 is 1.68 bits per heavy atom. The predicted molar refractivity (Wildman–Crippen MR) is 83.1 cm³/mol. The number of fused-ring (bicyclic) bond motifs is 1. The summed E-state index contributed by atoms with van der Waals surface area (Å²) in [6.07, 6.45) is -3.60. The van der Waals surface area contributed by atoms with E-state index < -0.39 is 11.7 Å². The Balaban J connectivity index is 1.93. The van der Waals surface area contributed by atoms with Crippen molar-refractivity contribution in [2.45, 2.75) is 20.0 Å². The summed E-state index contributed by atoms with van der Waals surface area (Å²) in [6.45, 7) is 4.55. The molecule has 3 rings (SSSR count). The molecule has 0 radical (unpaired) electrons. The molecule has 1 aliphatic heterocycles. The molecule has 2 aromatic rings. The van der Waals surface area contributed by atoms with E-state index in [9.17, 15) is 22.8 Å². The Labute approximate surface area is 141 Å². The van der Waals surface area contributed by atoms with Crippen LogP contribution in [0.4, 0.5) is 13.2 Å². The maximum Gasteiger partial charge on any atom is 0.417 e. The molecule has 1 fully saturated rings. The number of aryl methyl sites for hydroxylation is 1. The number of aromatic nitrogens is 2. The summed E-state index contributed by atoms with van der Waals surface area (Å²) >= 11 is 0. The zero-order valence-electron chi connectivity index (χ0n) is 13.8. The largest absolute Gasteiger partial charge is 0.417 e. The van der Waals surface area contributed by atoms with Crippen molar-refractivity contribution >= 4 is 17.5 Å². The number of carbonyl (C=O) groups excluding carboxylic acids is 2. The highest BCUT2D eigenvalue weighted by molar-refractivity contribution is 5.95. The van der Waals surface area contributed by atoms with Gasteiger partial charge < -0.3 is 9.80 Å². The molecule has 2 amide bonds. The van der Waals surface area contributed by atoms with Crippen LogP contribution in [0.3, 0.4) is 0 Å². The maximum absolute atomic E-state index is 13.0. The lowest BCUT2D eigenvalue weighted by Gasteiger charge is -2.34. The lowest BCUT2D eigenvalue weighted by Crippen LogP contribution is -2.50. The number of piperazine rings is 1. The van der Waals surface area contributed by atoms with Crippen LogP contribution in [0.2, 0.25) is 0 Å². The van der Waals surface area contributed by atoms with Gasteiger partial charge in [-0.15, -0.1) is 0 Å². The third-order valence-electron chi connectivity index (χ3n) is 4.33. The Morgan fingerprint density at radius 3 is 2.24 bits per heavy atom. The first-order chi connectivity index (χ1) is 11.7. The summed E-state index contributed by atoms with van der Waals surface area (Å²) in [5.74, 6) is -0.444. The molecule has 3 heterocycles. The zero-order valence-corrected chi connectivity index (χ0v) is 13.8. The quantitative estimate of drug-likeness (QED) is 0.787. The van der Waals surface area contributed by atoms with Gasteiger partial charge in [0.15, 0.2) is 0 Å². The summed E-state index contributed by atoms with van der Waals surface area (Å²) in [4.78, 5) is 31.5. The molecule has 0 aromatic carbocycles. The van der Waals surface area contributed by atoms with Crippen LogP contribution in [0.15, 0.2) is 18.3 Å². The summed E-state index contributed by atoms with van der Waals surface area (Å²) in [5.41, 5.74) is -0.0558. The number of hydrogen-bond acceptors (Lipinski definition) is 3. The fourth-order valence-corrected chi connectivity index (χ4v) is 2.96. The van der Waals surface area contributed by atoms with Gasteiger partial charge in [0.2, 0.25) is 5.91 Å². The van der Waals surface area contributed by atoms with Crippen molar-refractivity contribution < 1.29 is 22.8 Å². The van der Waals surface area contributed by atoms with Crippen molar-refractivity contribution in [1.29, 1.82) is 0 Å². The molecule has 1 saturated heterocycles. The van der Waals surface area contributed by atoms with Gasteiger partial charge in [-0.05, 0) is 19.1 Å². The van der Waals surface area contributed by atoms with Crippen molar-refractivity contribution in [2.75, 3.05) is 26.2 Å². The average molecular weight is 354 g/mol. The van der Waals surface area contributed by atoms with E-state index in [1.54, 1.807) is 11.8 Å². The van der Waals surface area contributed by atoms with E-state index in [0.29, 0.717) is 31.9 Å². The van der Waals surface area contributed by atoms with E-state index in [-0.39, 0.29) is 23.2 Å². The standard InChI is InChI=1S/C16H17F3N4O2/c1-10-14(15(25)22-7-5-21(6-8-22)11(2)24)23-9-12(16(17,18)19)3-4-13(23)20-10/h3-4,9H,5-8H2,1-2H3. The van der Waals surface area contributed by atoms with Crippen molar-refractivity contribution in [3.05, 3.63) is 35.3 Å². The van der Waals surface area contributed by atoms with Gasteiger partial charge in [0, 0.05) is 39.3 Å². The first kappa shape index (κ1) is 17.2. The molecule has 0 saturated carbocycles. The van der Waals surface area contributed by atoms with Gasteiger partial charge in [-0.3, -0.25) is 14.0 Å². The molecular formula is C16H17F3N4O2. The van der Waals surface area contributed by atoms with E-state index in [4.69, 9.17) is 0 Å². The van der Waals surface area contributed by atoms with Crippen LogP contribution >= 0.6 is 0 Å². The minimum absolute atomic E-state index is 0.0621. The third kappa shape index (κ3) is 3.18. The van der Waals surface area contributed by atoms with E-state index in [1.807, 2.05) is 0 Å². The van der Waals surface area contributed by atoms with Crippen LogP contribution in [0.25, 0.3) is 5.65 Å². The SMILES string of the molecule is CC(=O)N1CCN(C(=O)c2c(C)nc3ccc(C(F)(F)F)cn23)CC1.